The van der Waals surface area contributed by atoms with Crippen LogP contribution in [0.3, 0.4) is 0 Å². The van der Waals surface area contributed by atoms with Crippen molar-refractivity contribution in [3.63, 3.8) is 0 Å². The van der Waals surface area contributed by atoms with E-state index in [-0.39, 0.29) is 10.8 Å². The lowest BCUT2D eigenvalue weighted by atomic mass is 10.1. The van der Waals surface area contributed by atoms with Crippen LogP contribution in [0.4, 0.5) is 0 Å². The first-order chi connectivity index (χ1) is 12.1. The smallest absolute Gasteiger partial charge is 0.186 e. The lowest BCUT2D eigenvalue weighted by Gasteiger charge is -2.08. The molecule has 1 saturated heterocycles. The first-order valence-corrected chi connectivity index (χ1v) is 9.27. The fraction of sp³-hybridized carbons (Fsp3) is 0.294. The highest BCUT2D eigenvalue weighted by molar-refractivity contribution is 8.19. The Balaban J connectivity index is 1.90. The van der Waals surface area contributed by atoms with Gasteiger partial charge in [-0.1, -0.05) is 24.8 Å². The number of ether oxygens (including phenoxy) is 2. The Labute approximate surface area is 153 Å². The van der Waals surface area contributed by atoms with Crippen LogP contribution in [0.5, 0.6) is 11.5 Å². The molecular formula is C17H17N3O3S2. The molecule has 0 radical (unpaired) electrons. The molecule has 1 aliphatic rings. The van der Waals surface area contributed by atoms with Gasteiger partial charge in [-0.15, -0.1) is 21.5 Å². The number of Topliss-reactive ketones (excluding diaryl/α,β-unsaturated/α-hetero) is 1. The highest BCUT2D eigenvalue weighted by Crippen LogP contribution is 2.42. The van der Waals surface area contributed by atoms with Gasteiger partial charge >= 0.3 is 0 Å². The molecule has 6 nitrogen and oxygen atoms in total. The van der Waals surface area contributed by atoms with E-state index in [2.05, 4.69) is 10.2 Å². The van der Waals surface area contributed by atoms with E-state index < -0.39 is 5.92 Å². The largest absolute Gasteiger partial charge is 0.493 e. The summed E-state index contributed by atoms with van der Waals surface area (Å²) in [5.74, 6) is 0.482. The number of carbonyl (C=O) groups is 1. The lowest BCUT2D eigenvalue weighted by molar-refractivity contribution is -0.114. The number of thioether (sulfide) groups is 1. The van der Waals surface area contributed by atoms with Crippen molar-refractivity contribution in [1.82, 2.24) is 10.2 Å². The van der Waals surface area contributed by atoms with Gasteiger partial charge in [0.15, 0.2) is 17.3 Å². The maximum absolute atomic E-state index is 12.7. The average Bonchev–Trinajstić information content (AvgIpc) is 3.19. The van der Waals surface area contributed by atoms with Crippen molar-refractivity contribution in [2.45, 2.75) is 19.3 Å². The Morgan fingerprint density at radius 1 is 1.24 bits per heavy atom. The van der Waals surface area contributed by atoms with Gasteiger partial charge in [-0.25, -0.2) is 0 Å². The number of allylic oxidation sites excluding steroid dienone is 1. The van der Waals surface area contributed by atoms with Crippen LogP contribution in [-0.4, -0.2) is 35.2 Å². The maximum atomic E-state index is 12.7. The molecule has 2 aromatic rings. The van der Waals surface area contributed by atoms with Gasteiger partial charge in [0.2, 0.25) is 0 Å². The summed E-state index contributed by atoms with van der Waals surface area (Å²) in [7, 11) is 3.14. The third kappa shape index (κ3) is 3.45. The number of hydrogen-bond donors (Lipinski definition) is 1. The third-order valence-corrected chi connectivity index (χ3v) is 5.85. The van der Waals surface area contributed by atoms with E-state index in [9.17, 15) is 4.79 Å². The van der Waals surface area contributed by atoms with Crippen molar-refractivity contribution in [3.05, 3.63) is 38.7 Å². The SMILES string of the molecule is CCc1nnc(C2C(=N)SC(=Cc3ccc(OC)c(OC)c3)C2=O)s1. The number of nitrogens with zero attached hydrogens (tertiary/aromatic N) is 2. The van der Waals surface area contributed by atoms with Crippen LogP contribution < -0.4 is 9.47 Å². The highest BCUT2D eigenvalue weighted by atomic mass is 32.2. The molecule has 2 heterocycles. The van der Waals surface area contributed by atoms with Crippen LogP contribution in [0.15, 0.2) is 23.1 Å². The van der Waals surface area contributed by atoms with Gasteiger partial charge in [0, 0.05) is 0 Å². The standard InChI is InChI=1S/C17H17N3O3S2/c1-4-13-19-20-17(25-13)14-15(21)12(24-16(14)18)8-9-5-6-10(22-2)11(7-9)23-3/h5-8,14,18H,4H2,1-3H3. The molecule has 0 saturated carbocycles. The summed E-state index contributed by atoms with van der Waals surface area (Å²) < 4.78 is 10.5. The predicted octanol–water partition coefficient (Wildman–Crippen LogP) is 3.54. The second-order valence-electron chi connectivity index (χ2n) is 5.27. The summed E-state index contributed by atoms with van der Waals surface area (Å²) in [6, 6.07) is 5.44. The van der Waals surface area contributed by atoms with Crippen molar-refractivity contribution in [1.29, 1.82) is 5.41 Å². The summed E-state index contributed by atoms with van der Waals surface area (Å²) in [6.45, 7) is 1.99. The summed E-state index contributed by atoms with van der Waals surface area (Å²) in [6.07, 6.45) is 2.54. The van der Waals surface area contributed by atoms with Gasteiger partial charge in [-0.2, -0.15) is 0 Å². The fourth-order valence-electron chi connectivity index (χ4n) is 2.43. The molecule has 3 rings (SSSR count). The molecule has 0 aliphatic carbocycles. The molecular weight excluding hydrogens is 358 g/mol. The monoisotopic (exact) mass is 375 g/mol. The number of ketones is 1. The van der Waals surface area contributed by atoms with Crippen molar-refractivity contribution in [2.24, 2.45) is 0 Å². The van der Waals surface area contributed by atoms with Gasteiger partial charge in [-0.3, -0.25) is 10.2 Å². The van der Waals surface area contributed by atoms with Crippen molar-refractivity contribution in [3.8, 4) is 11.5 Å². The molecule has 1 aromatic carbocycles. The first kappa shape index (κ1) is 17.6. The van der Waals surface area contributed by atoms with E-state index in [0.717, 1.165) is 17.0 Å². The summed E-state index contributed by atoms with van der Waals surface area (Å²) >= 11 is 2.57. The Kier molecular flexibility index (Phi) is 5.19. The van der Waals surface area contributed by atoms with E-state index >= 15 is 0 Å². The van der Waals surface area contributed by atoms with Gasteiger partial charge in [0.05, 0.1) is 24.2 Å². The van der Waals surface area contributed by atoms with Gasteiger partial charge < -0.3 is 9.47 Å². The second-order valence-corrected chi connectivity index (χ2v) is 7.45. The van der Waals surface area contributed by atoms with Crippen LogP contribution in [0.1, 0.15) is 28.4 Å². The normalized spacial score (nSPS) is 18.8. The summed E-state index contributed by atoms with van der Waals surface area (Å²) in [5.41, 5.74) is 0.813. The Morgan fingerprint density at radius 2 is 2.00 bits per heavy atom. The van der Waals surface area contributed by atoms with E-state index in [4.69, 9.17) is 14.9 Å². The minimum Gasteiger partial charge on any atom is -0.493 e. The van der Waals surface area contributed by atoms with E-state index in [1.165, 1.54) is 23.1 Å². The van der Waals surface area contributed by atoms with Crippen LogP contribution in [-0.2, 0) is 11.2 Å². The number of hydrogen-bond acceptors (Lipinski definition) is 8. The molecule has 1 unspecified atom stereocenters. The highest BCUT2D eigenvalue weighted by Gasteiger charge is 2.39. The number of aryl methyl sites for hydroxylation is 1. The molecule has 1 aromatic heterocycles. The lowest BCUT2D eigenvalue weighted by Crippen LogP contribution is -2.11. The molecule has 25 heavy (non-hydrogen) atoms. The number of nitrogens with one attached hydrogen (secondary N) is 1. The third-order valence-electron chi connectivity index (χ3n) is 3.72. The quantitative estimate of drug-likeness (QED) is 0.805. The maximum Gasteiger partial charge on any atom is 0.186 e. The van der Waals surface area contributed by atoms with Gasteiger partial charge in [-0.05, 0) is 30.2 Å². The number of benzene rings is 1. The summed E-state index contributed by atoms with van der Waals surface area (Å²) in [5, 5.41) is 18.1. The predicted molar refractivity (Wildman–Crippen MR) is 99.9 cm³/mol. The Bertz CT molecular complexity index is 861. The van der Waals surface area contributed by atoms with E-state index in [1.54, 1.807) is 32.4 Å². The van der Waals surface area contributed by atoms with Crippen molar-refractivity contribution in [2.75, 3.05) is 14.2 Å². The first-order valence-electron chi connectivity index (χ1n) is 7.63. The molecule has 0 spiro atoms. The molecule has 8 heteroatoms. The molecule has 1 fully saturated rings. The molecule has 1 N–H and O–H groups in total. The van der Waals surface area contributed by atoms with E-state index in [0.29, 0.717) is 21.4 Å². The fourth-order valence-corrected chi connectivity index (χ4v) is 4.39. The summed E-state index contributed by atoms with van der Waals surface area (Å²) in [4.78, 5) is 13.3. The van der Waals surface area contributed by atoms with Crippen LogP contribution in [0.25, 0.3) is 6.08 Å². The number of carbonyl (C=O) groups excluding carboxylic acids is 1. The molecule has 0 amide bonds. The van der Waals surface area contributed by atoms with Crippen LogP contribution >= 0.6 is 23.1 Å². The Hall–Kier alpha value is -2.19. The molecule has 0 bridgehead atoms. The molecule has 1 aliphatic heterocycles. The molecule has 1 atom stereocenters. The number of aromatic nitrogens is 2. The van der Waals surface area contributed by atoms with Crippen LogP contribution in [0, 0.1) is 5.41 Å². The zero-order valence-corrected chi connectivity index (χ0v) is 15.7. The number of methoxy groups -OCH3 is 2. The van der Waals surface area contributed by atoms with E-state index in [1.807, 2.05) is 13.0 Å². The van der Waals surface area contributed by atoms with Gasteiger partial charge in [0.25, 0.3) is 0 Å². The number of rotatable bonds is 5. The zero-order valence-electron chi connectivity index (χ0n) is 14.0. The van der Waals surface area contributed by atoms with Crippen LogP contribution in [0.2, 0.25) is 0 Å². The zero-order chi connectivity index (χ0) is 18.0. The topological polar surface area (TPSA) is 85.2 Å². The second kappa shape index (κ2) is 7.37. The minimum absolute atomic E-state index is 0.108. The van der Waals surface area contributed by atoms with Crippen molar-refractivity contribution >= 4 is 40.0 Å². The molecule has 130 valence electrons. The minimum atomic E-state index is -0.630. The average molecular weight is 375 g/mol. The van der Waals surface area contributed by atoms with Crippen molar-refractivity contribution < 1.29 is 14.3 Å². The van der Waals surface area contributed by atoms with Gasteiger partial charge in [0.1, 0.15) is 15.9 Å². The Morgan fingerprint density at radius 3 is 2.64 bits per heavy atom.